The third-order valence-electron chi connectivity index (χ3n) is 4.89. The quantitative estimate of drug-likeness (QED) is 0.793. The molecule has 0 aliphatic heterocycles. The van der Waals surface area contributed by atoms with Crippen molar-refractivity contribution in [2.24, 2.45) is 5.41 Å². The molecule has 0 aromatic carbocycles. The molecule has 4 heteroatoms. The molecule has 3 rings (SSSR count). The van der Waals surface area contributed by atoms with Gasteiger partial charge in [0.25, 0.3) is 0 Å². The van der Waals surface area contributed by atoms with Gasteiger partial charge in [0.15, 0.2) is 0 Å². The molecule has 0 spiro atoms. The first-order chi connectivity index (χ1) is 10.1. The van der Waals surface area contributed by atoms with E-state index in [1.165, 1.54) is 32.1 Å². The van der Waals surface area contributed by atoms with E-state index in [2.05, 4.69) is 31.4 Å². The Morgan fingerprint density at radius 1 is 1.14 bits per heavy atom. The van der Waals surface area contributed by atoms with Crippen molar-refractivity contribution in [2.45, 2.75) is 65.2 Å². The standard InChI is InChI=1S/C17H28N4/c1-4-10-18-14-12(2)15(19-11-17(3)8-5-9-17)21-16(20-14)13-6-7-13/h13H,4-11H2,1-3H3,(H2,18,19,20,21). The van der Waals surface area contributed by atoms with Gasteiger partial charge in [-0.15, -0.1) is 0 Å². The van der Waals surface area contributed by atoms with Gasteiger partial charge in [-0.25, -0.2) is 9.97 Å². The number of nitrogens with one attached hydrogen (secondary N) is 2. The van der Waals surface area contributed by atoms with E-state index in [1.807, 2.05) is 0 Å². The molecule has 0 unspecified atom stereocenters. The Morgan fingerprint density at radius 3 is 2.33 bits per heavy atom. The van der Waals surface area contributed by atoms with Crippen molar-refractivity contribution in [1.82, 2.24) is 9.97 Å². The predicted molar refractivity (Wildman–Crippen MR) is 88.0 cm³/mol. The lowest BCUT2D eigenvalue weighted by Crippen LogP contribution is -2.33. The summed E-state index contributed by atoms with van der Waals surface area (Å²) < 4.78 is 0. The molecular weight excluding hydrogens is 260 g/mol. The van der Waals surface area contributed by atoms with Crippen LogP contribution in [0.2, 0.25) is 0 Å². The summed E-state index contributed by atoms with van der Waals surface area (Å²) in [6, 6.07) is 0. The SMILES string of the molecule is CCCNc1nc(C2CC2)nc(NCC2(C)CCC2)c1C. The van der Waals surface area contributed by atoms with Crippen LogP contribution in [0.3, 0.4) is 0 Å². The molecule has 0 saturated heterocycles. The van der Waals surface area contributed by atoms with Crippen LogP contribution in [-0.4, -0.2) is 23.1 Å². The summed E-state index contributed by atoms with van der Waals surface area (Å²) >= 11 is 0. The highest BCUT2D eigenvalue weighted by atomic mass is 15.1. The van der Waals surface area contributed by atoms with Crippen LogP contribution in [0, 0.1) is 12.3 Å². The first-order valence-electron chi connectivity index (χ1n) is 8.47. The fourth-order valence-corrected chi connectivity index (χ4v) is 2.90. The first-order valence-corrected chi connectivity index (χ1v) is 8.47. The van der Waals surface area contributed by atoms with Crippen LogP contribution in [0.15, 0.2) is 0 Å². The summed E-state index contributed by atoms with van der Waals surface area (Å²) in [5, 5.41) is 7.06. The number of aromatic nitrogens is 2. The van der Waals surface area contributed by atoms with Crippen LogP contribution in [0.4, 0.5) is 11.6 Å². The van der Waals surface area contributed by atoms with E-state index in [4.69, 9.17) is 9.97 Å². The Hall–Kier alpha value is -1.32. The van der Waals surface area contributed by atoms with E-state index in [-0.39, 0.29) is 0 Å². The molecule has 1 aromatic rings. The fraction of sp³-hybridized carbons (Fsp3) is 0.765. The summed E-state index contributed by atoms with van der Waals surface area (Å²) in [6.45, 7) is 8.68. The lowest BCUT2D eigenvalue weighted by atomic mass is 9.70. The maximum atomic E-state index is 4.80. The number of hydrogen-bond donors (Lipinski definition) is 2. The average Bonchev–Trinajstić information content (AvgIpc) is 3.27. The Morgan fingerprint density at radius 2 is 1.81 bits per heavy atom. The van der Waals surface area contributed by atoms with Gasteiger partial charge < -0.3 is 10.6 Å². The van der Waals surface area contributed by atoms with Crippen LogP contribution < -0.4 is 10.6 Å². The maximum absolute atomic E-state index is 4.80. The zero-order chi connectivity index (χ0) is 14.9. The highest BCUT2D eigenvalue weighted by Gasteiger charge is 2.32. The molecule has 1 aromatic heterocycles. The zero-order valence-electron chi connectivity index (χ0n) is 13.6. The van der Waals surface area contributed by atoms with Crippen molar-refractivity contribution < 1.29 is 0 Å². The Labute approximate surface area is 128 Å². The van der Waals surface area contributed by atoms with Crippen LogP contribution in [0.1, 0.15) is 69.7 Å². The normalized spacial score (nSPS) is 20.0. The molecule has 2 N–H and O–H groups in total. The van der Waals surface area contributed by atoms with Crippen LogP contribution in [0.5, 0.6) is 0 Å². The van der Waals surface area contributed by atoms with Crippen molar-refractivity contribution in [3.05, 3.63) is 11.4 Å². The molecule has 2 aliphatic carbocycles. The maximum Gasteiger partial charge on any atom is 0.136 e. The van der Waals surface area contributed by atoms with Gasteiger partial charge in [0.2, 0.25) is 0 Å². The van der Waals surface area contributed by atoms with E-state index in [0.717, 1.165) is 42.5 Å². The smallest absolute Gasteiger partial charge is 0.136 e. The summed E-state index contributed by atoms with van der Waals surface area (Å²) in [6.07, 6.45) is 7.64. The van der Waals surface area contributed by atoms with Crippen molar-refractivity contribution in [2.75, 3.05) is 23.7 Å². The van der Waals surface area contributed by atoms with Gasteiger partial charge in [-0.1, -0.05) is 20.3 Å². The van der Waals surface area contributed by atoms with E-state index in [0.29, 0.717) is 11.3 Å². The second-order valence-corrected chi connectivity index (χ2v) is 7.12. The molecule has 21 heavy (non-hydrogen) atoms. The molecule has 0 amide bonds. The van der Waals surface area contributed by atoms with E-state index in [1.54, 1.807) is 0 Å². The topological polar surface area (TPSA) is 49.8 Å². The third-order valence-corrected chi connectivity index (χ3v) is 4.89. The molecule has 1 heterocycles. The monoisotopic (exact) mass is 288 g/mol. The Kier molecular flexibility index (Phi) is 4.05. The highest BCUT2D eigenvalue weighted by Crippen LogP contribution is 2.41. The lowest BCUT2D eigenvalue weighted by Gasteiger charge is -2.38. The molecule has 116 valence electrons. The van der Waals surface area contributed by atoms with Gasteiger partial charge in [-0.3, -0.25) is 0 Å². The summed E-state index contributed by atoms with van der Waals surface area (Å²) in [7, 11) is 0. The van der Waals surface area contributed by atoms with Crippen LogP contribution in [-0.2, 0) is 0 Å². The molecule has 2 fully saturated rings. The minimum Gasteiger partial charge on any atom is -0.370 e. The van der Waals surface area contributed by atoms with Crippen LogP contribution >= 0.6 is 0 Å². The second-order valence-electron chi connectivity index (χ2n) is 7.12. The van der Waals surface area contributed by atoms with Gasteiger partial charge in [-0.2, -0.15) is 0 Å². The minimum absolute atomic E-state index is 0.466. The number of anilines is 2. The van der Waals surface area contributed by atoms with Crippen molar-refractivity contribution in [1.29, 1.82) is 0 Å². The lowest BCUT2D eigenvalue weighted by molar-refractivity contribution is 0.180. The van der Waals surface area contributed by atoms with Gasteiger partial charge in [0.05, 0.1) is 0 Å². The molecule has 2 aliphatic rings. The summed E-state index contributed by atoms with van der Waals surface area (Å²) in [4.78, 5) is 9.55. The van der Waals surface area contributed by atoms with Gasteiger partial charge in [0, 0.05) is 24.6 Å². The van der Waals surface area contributed by atoms with E-state index in [9.17, 15) is 0 Å². The highest BCUT2D eigenvalue weighted by molar-refractivity contribution is 5.57. The molecule has 0 atom stereocenters. The van der Waals surface area contributed by atoms with Gasteiger partial charge >= 0.3 is 0 Å². The molecule has 4 nitrogen and oxygen atoms in total. The number of rotatable bonds is 7. The van der Waals surface area contributed by atoms with Crippen molar-refractivity contribution in [3.8, 4) is 0 Å². The average molecular weight is 288 g/mol. The molecule has 0 radical (unpaired) electrons. The van der Waals surface area contributed by atoms with Gasteiger partial charge in [0.1, 0.15) is 17.5 Å². The third kappa shape index (κ3) is 3.30. The fourth-order valence-electron chi connectivity index (χ4n) is 2.90. The minimum atomic E-state index is 0.466. The van der Waals surface area contributed by atoms with Gasteiger partial charge in [-0.05, 0) is 44.4 Å². The number of nitrogens with zero attached hydrogens (tertiary/aromatic N) is 2. The largest absolute Gasteiger partial charge is 0.370 e. The van der Waals surface area contributed by atoms with E-state index < -0.39 is 0 Å². The molecular formula is C17H28N4. The Balaban J connectivity index is 1.77. The van der Waals surface area contributed by atoms with E-state index >= 15 is 0 Å². The summed E-state index contributed by atoms with van der Waals surface area (Å²) in [5.41, 5.74) is 1.63. The first kappa shape index (κ1) is 14.6. The number of hydrogen-bond acceptors (Lipinski definition) is 4. The zero-order valence-corrected chi connectivity index (χ0v) is 13.6. The van der Waals surface area contributed by atoms with Crippen LogP contribution in [0.25, 0.3) is 0 Å². The van der Waals surface area contributed by atoms with Crippen molar-refractivity contribution in [3.63, 3.8) is 0 Å². The second kappa shape index (κ2) is 5.82. The Bertz CT molecular complexity index is 504. The predicted octanol–water partition coefficient (Wildman–Crippen LogP) is 4.09. The summed E-state index contributed by atoms with van der Waals surface area (Å²) in [5.74, 6) is 3.68. The van der Waals surface area contributed by atoms with Crippen molar-refractivity contribution >= 4 is 11.6 Å². The molecule has 0 bridgehead atoms. The molecule has 2 saturated carbocycles.